The monoisotopic (exact) mass is 302 g/mol. The third-order valence-corrected chi connectivity index (χ3v) is 6.78. The van der Waals surface area contributed by atoms with E-state index in [0.29, 0.717) is 36.4 Å². The Morgan fingerprint density at radius 3 is 2.58 bits per heavy atom. The Labute approximate surface area is 119 Å². The predicted molar refractivity (Wildman–Crippen MR) is 78.8 cm³/mol. The molecule has 2 unspecified atom stereocenters. The molecule has 4 nitrogen and oxygen atoms in total. The van der Waals surface area contributed by atoms with Crippen LogP contribution in [0.2, 0.25) is 0 Å². The van der Waals surface area contributed by atoms with Crippen molar-refractivity contribution >= 4 is 21.4 Å². The highest BCUT2D eigenvalue weighted by Gasteiger charge is 2.36. The molecule has 1 N–H and O–H groups in total. The second-order valence-electron chi connectivity index (χ2n) is 5.26. The van der Waals surface area contributed by atoms with Crippen molar-refractivity contribution in [3.05, 3.63) is 16.3 Å². The fourth-order valence-corrected chi connectivity index (χ4v) is 5.36. The van der Waals surface area contributed by atoms with Crippen LogP contribution in [0, 0.1) is 11.8 Å². The summed E-state index contributed by atoms with van der Waals surface area (Å²) in [5.41, 5.74) is 0. The lowest BCUT2D eigenvalue weighted by atomic mass is 10.0. The average molecular weight is 302 g/mol. The van der Waals surface area contributed by atoms with Crippen molar-refractivity contribution < 1.29 is 8.42 Å². The highest BCUT2D eigenvalue weighted by molar-refractivity contribution is 7.89. The smallest absolute Gasteiger partial charge is 0.244 e. The number of hydrogen-bond donors (Lipinski definition) is 1. The fourth-order valence-electron chi connectivity index (χ4n) is 2.34. The van der Waals surface area contributed by atoms with E-state index in [1.807, 2.05) is 12.3 Å². The Balaban J connectivity index is 2.23. The van der Waals surface area contributed by atoms with Crippen molar-refractivity contribution in [2.45, 2.75) is 32.2 Å². The normalized spacial score (nSPS) is 25.0. The lowest BCUT2D eigenvalue weighted by molar-refractivity contribution is 0.462. The van der Waals surface area contributed by atoms with Gasteiger partial charge in [0.2, 0.25) is 10.0 Å². The van der Waals surface area contributed by atoms with Gasteiger partial charge in [-0.05, 0) is 29.8 Å². The first kappa shape index (κ1) is 15.0. The zero-order valence-corrected chi connectivity index (χ0v) is 13.4. The van der Waals surface area contributed by atoms with Crippen LogP contribution in [0.25, 0.3) is 0 Å². The van der Waals surface area contributed by atoms with Crippen molar-refractivity contribution in [2.24, 2.45) is 11.8 Å². The van der Waals surface area contributed by atoms with Gasteiger partial charge >= 0.3 is 0 Å². The zero-order chi connectivity index (χ0) is 14.0. The van der Waals surface area contributed by atoms with Gasteiger partial charge in [0.1, 0.15) is 0 Å². The highest BCUT2D eigenvalue weighted by Crippen LogP contribution is 2.31. The van der Waals surface area contributed by atoms with Crippen LogP contribution in [0.4, 0.5) is 0 Å². The lowest BCUT2D eigenvalue weighted by Crippen LogP contribution is -2.29. The van der Waals surface area contributed by atoms with Gasteiger partial charge in [0.15, 0.2) is 0 Å². The zero-order valence-electron chi connectivity index (χ0n) is 11.7. The maximum absolute atomic E-state index is 12.7. The summed E-state index contributed by atoms with van der Waals surface area (Å²) in [6.45, 7) is 9.00. The summed E-state index contributed by atoms with van der Waals surface area (Å²) in [5, 5.41) is 5.06. The lowest BCUT2D eigenvalue weighted by Gasteiger charge is -2.16. The van der Waals surface area contributed by atoms with Gasteiger partial charge in [0, 0.05) is 24.5 Å². The second kappa shape index (κ2) is 5.91. The van der Waals surface area contributed by atoms with Gasteiger partial charge in [0.05, 0.1) is 4.90 Å². The van der Waals surface area contributed by atoms with Crippen LogP contribution in [-0.2, 0) is 16.6 Å². The van der Waals surface area contributed by atoms with Gasteiger partial charge in [-0.3, -0.25) is 0 Å². The van der Waals surface area contributed by atoms with E-state index in [1.165, 1.54) is 11.3 Å². The molecule has 1 aromatic heterocycles. The molecule has 1 aliphatic rings. The molecule has 108 valence electrons. The number of hydrogen-bond acceptors (Lipinski definition) is 4. The minimum atomic E-state index is -3.32. The van der Waals surface area contributed by atoms with Crippen LogP contribution in [0.1, 0.15) is 25.6 Å². The van der Waals surface area contributed by atoms with E-state index in [2.05, 4.69) is 19.2 Å². The largest absolute Gasteiger partial charge is 0.312 e. The standard InChI is InChI=1S/C13H22N2O2S2/c1-4-14-7-12-13(5-6-18-12)19(16,17)15-8-10(2)11(3)9-15/h5-6,10-11,14H,4,7-9H2,1-3H3. The van der Waals surface area contributed by atoms with Crippen LogP contribution < -0.4 is 5.32 Å². The van der Waals surface area contributed by atoms with Crippen LogP contribution in [-0.4, -0.2) is 32.4 Å². The Kier molecular flexibility index (Phi) is 4.66. The third kappa shape index (κ3) is 3.02. The van der Waals surface area contributed by atoms with E-state index in [0.717, 1.165) is 11.4 Å². The maximum Gasteiger partial charge on any atom is 0.244 e. The van der Waals surface area contributed by atoms with Crippen LogP contribution in [0.3, 0.4) is 0 Å². The van der Waals surface area contributed by atoms with Crippen molar-refractivity contribution in [1.82, 2.24) is 9.62 Å². The van der Waals surface area contributed by atoms with Crippen LogP contribution in [0.5, 0.6) is 0 Å². The van der Waals surface area contributed by atoms with E-state index in [4.69, 9.17) is 0 Å². The Morgan fingerprint density at radius 2 is 2.00 bits per heavy atom. The van der Waals surface area contributed by atoms with Crippen molar-refractivity contribution in [2.75, 3.05) is 19.6 Å². The van der Waals surface area contributed by atoms with E-state index in [9.17, 15) is 8.42 Å². The summed E-state index contributed by atoms with van der Waals surface area (Å²) in [5.74, 6) is 0.872. The molecule has 1 aromatic rings. The molecule has 2 atom stereocenters. The minimum absolute atomic E-state index is 0.436. The van der Waals surface area contributed by atoms with E-state index in [1.54, 1.807) is 10.4 Å². The van der Waals surface area contributed by atoms with Gasteiger partial charge in [-0.25, -0.2) is 8.42 Å². The summed E-state index contributed by atoms with van der Waals surface area (Å²) < 4.78 is 27.0. The molecular weight excluding hydrogens is 280 g/mol. The van der Waals surface area contributed by atoms with Gasteiger partial charge in [-0.15, -0.1) is 11.3 Å². The Bertz CT molecular complexity index is 515. The summed E-state index contributed by atoms with van der Waals surface area (Å²) >= 11 is 1.51. The first-order chi connectivity index (χ1) is 8.96. The van der Waals surface area contributed by atoms with Gasteiger partial charge in [-0.1, -0.05) is 20.8 Å². The summed E-state index contributed by atoms with van der Waals surface area (Å²) in [7, 11) is -3.32. The van der Waals surface area contributed by atoms with Crippen LogP contribution >= 0.6 is 11.3 Å². The van der Waals surface area contributed by atoms with Crippen molar-refractivity contribution in [3.63, 3.8) is 0 Å². The summed E-state index contributed by atoms with van der Waals surface area (Å²) in [4.78, 5) is 1.40. The molecule has 0 amide bonds. The average Bonchev–Trinajstić information content (AvgIpc) is 2.95. The molecule has 19 heavy (non-hydrogen) atoms. The molecule has 0 radical (unpaired) electrons. The van der Waals surface area contributed by atoms with Crippen LogP contribution in [0.15, 0.2) is 16.3 Å². The molecule has 2 rings (SSSR count). The Hall–Kier alpha value is -0.430. The summed E-state index contributed by atoms with van der Waals surface area (Å²) in [6, 6.07) is 1.74. The van der Waals surface area contributed by atoms with E-state index in [-0.39, 0.29) is 0 Å². The number of thiophene rings is 1. The highest BCUT2D eigenvalue weighted by atomic mass is 32.2. The molecule has 2 heterocycles. The van der Waals surface area contributed by atoms with E-state index < -0.39 is 10.0 Å². The maximum atomic E-state index is 12.7. The molecule has 0 spiro atoms. The van der Waals surface area contributed by atoms with E-state index >= 15 is 0 Å². The number of rotatable bonds is 5. The molecule has 1 aliphatic heterocycles. The topological polar surface area (TPSA) is 49.4 Å². The molecule has 0 aliphatic carbocycles. The SMILES string of the molecule is CCNCc1sccc1S(=O)(=O)N1CC(C)C(C)C1. The number of sulfonamides is 1. The quantitative estimate of drug-likeness (QED) is 0.906. The number of nitrogens with zero attached hydrogens (tertiary/aromatic N) is 1. The van der Waals surface area contributed by atoms with Crippen molar-refractivity contribution in [3.8, 4) is 0 Å². The second-order valence-corrected chi connectivity index (χ2v) is 8.17. The first-order valence-electron chi connectivity index (χ1n) is 6.74. The van der Waals surface area contributed by atoms with Gasteiger partial charge in [0.25, 0.3) is 0 Å². The Morgan fingerprint density at radius 1 is 1.37 bits per heavy atom. The molecule has 1 saturated heterocycles. The first-order valence-corrected chi connectivity index (χ1v) is 9.06. The third-order valence-electron chi connectivity index (χ3n) is 3.81. The van der Waals surface area contributed by atoms with Crippen molar-refractivity contribution in [1.29, 1.82) is 0 Å². The molecule has 0 saturated carbocycles. The number of nitrogens with one attached hydrogen (secondary N) is 1. The molecular formula is C13H22N2O2S2. The summed E-state index contributed by atoms with van der Waals surface area (Å²) in [6.07, 6.45) is 0. The molecule has 0 bridgehead atoms. The predicted octanol–water partition coefficient (Wildman–Crippen LogP) is 2.13. The van der Waals surface area contributed by atoms with Gasteiger partial charge < -0.3 is 5.32 Å². The minimum Gasteiger partial charge on any atom is -0.312 e. The van der Waals surface area contributed by atoms with Gasteiger partial charge in [-0.2, -0.15) is 4.31 Å². The molecule has 6 heteroatoms. The molecule has 1 fully saturated rings. The molecule has 0 aromatic carbocycles. The fraction of sp³-hybridized carbons (Fsp3) is 0.692.